The molecule has 2 rings (SSSR count). The van der Waals surface area contributed by atoms with Crippen LogP contribution in [0.1, 0.15) is 23.2 Å². The van der Waals surface area contributed by atoms with E-state index in [1.165, 1.54) is 7.11 Å². The van der Waals surface area contributed by atoms with E-state index >= 15 is 0 Å². The Morgan fingerprint density at radius 1 is 1.22 bits per heavy atom. The van der Waals surface area contributed by atoms with Crippen molar-refractivity contribution < 1.29 is 19.1 Å². The van der Waals surface area contributed by atoms with Gasteiger partial charge in [-0.05, 0) is 12.1 Å². The number of hydrogen-bond donors (Lipinski definition) is 1. The van der Waals surface area contributed by atoms with Crippen molar-refractivity contribution in [2.75, 3.05) is 7.11 Å². The molecule has 0 heterocycles. The van der Waals surface area contributed by atoms with E-state index in [-0.39, 0.29) is 24.5 Å². The summed E-state index contributed by atoms with van der Waals surface area (Å²) < 4.78 is 4.64. The highest BCUT2D eigenvalue weighted by Gasteiger charge is 2.52. The minimum atomic E-state index is -1.18. The number of ether oxygens (including phenoxy) is 1. The highest BCUT2D eigenvalue weighted by molar-refractivity contribution is 6.06. The van der Waals surface area contributed by atoms with Crippen LogP contribution >= 0.6 is 0 Å². The van der Waals surface area contributed by atoms with Gasteiger partial charge in [-0.1, -0.05) is 18.2 Å². The Bertz CT molecular complexity index is 487. The van der Waals surface area contributed by atoms with Crippen LogP contribution in [0.5, 0.6) is 0 Å². The van der Waals surface area contributed by atoms with Crippen LogP contribution in [0, 0.1) is 0 Å². The molecule has 0 aromatic heterocycles. The molecule has 1 aliphatic rings. The molecule has 0 aliphatic heterocycles. The highest BCUT2D eigenvalue weighted by atomic mass is 16.5. The van der Waals surface area contributed by atoms with E-state index in [0.29, 0.717) is 5.56 Å². The molecule has 18 heavy (non-hydrogen) atoms. The number of nitrogens with one attached hydrogen (secondary N) is 1. The third kappa shape index (κ3) is 2.11. The molecule has 0 saturated heterocycles. The third-order valence-electron chi connectivity index (χ3n) is 2.96. The maximum atomic E-state index is 11.9. The summed E-state index contributed by atoms with van der Waals surface area (Å²) in [4.78, 5) is 34.7. The maximum absolute atomic E-state index is 11.9. The van der Waals surface area contributed by atoms with Crippen molar-refractivity contribution in [1.29, 1.82) is 0 Å². The lowest BCUT2D eigenvalue weighted by Crippen LogP contribution is -2.63. The fourth-order valence-electron chi connectivity index (χ4n) is 1.98. The molecule has 1 aromatic rings. The van der Waals surface area contributed by atoms with Gasteiger partial charge in [0.15, 0.2) is 5.54 Å². The van der Waals surface area contributed by atoms with E-state index in [9.17, 15) is 14.4 Å². The minimum Gasteiger partial charge on any atom is -0.467 e. The molecule has 1 saturated carbocycles. The van der Waals surface area contributed by atoms with Crippen molar-refractivity contribution in [1.82, 2.24) is 5.32 Å². The van der Waals surface area contributed by atoms with E-state index in [0.717, 1.165) is 0 Å². The van der Waals surface area contributed by atoms with Crippen LogP contribution < -0.4 is 5.32 Å². The number of esters is 1. The molecule has 0 atom stereocenters. The topological polar surface area (TPSA) is 72.5 Å². The first-order chi connectivity index (χ1) is 8.57. The first kappa shape index (κ1) is 12.3. The first-order valence-electron chi connectivity index (χ1n) is 5.55. The molecule has 1 aromatic carbocycles. The predicted molar refractivity (Wildman–Crippen MR) is 62.9 cm³/mol. The number of rotatable bonds is 3. The normalized spacial score (nSPS) is 16.6. The first-order valence-corrected chi connectivity index (χ1v) is 5.55. The van der Waals surface area contributed by atoms with Crippen LogP contribution in [0.2, 0.25) is 0 Å². The summed E-state index contributed by atoms with van der Waals surface area (Å²) in [5.74, 6) is -1.02. The van der Waals surface area contributed by atoms with Crippen molar-refractivity contribution in [3.63, 3.8) is 0 Å². The third-order valence-corrected chi connectivity index (χ3v) is 2.96. The largest absolute Gasteiger partial charge is 0.467 e. The van der Waals surface area contributed by atoms with Crippen LogP contribution in [0.25, 0.3) is 0 Å². The van der Waals surface area contributed by atoms with Crippen molar-refractivity contribution in [2.24, 2.45) is 0 Å². The number of hydrogen-bond acceptors (Lipinski definition) is 4. The summed E-state index contributed by atoms with van der Waals surface area (Å²) in [7, 11) is 1.24. The average molecular weight is 247 g/mol. The number of methoxy groups -OCH3 is 1. The Morgan fingerprint density at radius 2 is 1.83 bits per heavy atom. The van der Waals surface area contributed by atoms with Crippen LogP contribution in [-0.2, 0) is 14.3 Å². The molecular weight excluding hydrogens is 234 g/mol. The van der Waals surface area contributed by atoms with Gasteiger partial charge in [-0.2, -0.15) is 0 Å². The molecule has 5 nitrogen and oxygen atoms in total. The van der Waals surface area contributed by atoms with Crippen LogP contribution in [0.3, 0.4) is 0 Å². The van der Waals surface area contributed by atoms with Crippen molar-refractivity contribution >= 4 is 17.7 Å². The van der Waals surface area contributed by atoms with Gasteiger partial charge in [0.25, 0.3) is 5.91 Å². The second-order valence-electron chi connectivity index (χ2n) is 4.29. The zero-order valence-corrected chi connectivity index (χ0v) is 9.93. The Morgan fingerprint density at radius 3 is 2.33 bits per heavy atom. The van der Waals surface area contributed by atoms with Crippen LogP contribution in [0.15, 0.2) is 30.3 Å². The second kappa shape index (κ2) is 4.60. The van der Waals surface area contributed by atoms with Gasteiger partial charge >= 0.3 is 5.97 Å². The SMILES string of the molecule is COC(=O)C1(NC(=O)c2ccccc2)CC(=O)C1. The molecule has 1 N–H and O–H groups in total. The van der Waals surface area contributed by atoms with Gasteiger partial charge in [-0.25, -0.2) is 4.79 Å². The molecular formula is C13H13NO4. The quantitative estimate of drug-likeness (QED) is 0.798. The molecule has 5 heteroatoms. The monoisotopic (exact) mass is 247 g/mol. The summed E-state index contributed by atoms with van der Waals surface area (Å²) in [6.45, 7) is 0. The molecule has 0 spiro atoms. The number of benzene rings is 1. The lowest BCUT2D eigenvalue weighted by Gasteiger charge is -2.37. The lowest BCUT2D eigenvalue weighted by molar-refractivity contribution is -0.156. The summed E-state index contributed by atoms with van der Waals surface area (Å²) in [5, 5.41) is 2.59. The van der Waals surface area contributed by atoms with Gasteiger partial charge < -0.3 is 10.1 Å². The van der Waals surface area contributed by atoms with Gasteiger partial charge in [0, 0.05) is 18.4 Å². The Kier molecular flexibility index (Phi) is 3.14. The van der Waals surface area contributed by atoms with E-state index in [4.69, 9.17) is 0 Å². The van der Waals surface area contributed by atoms with Crippen molar-refractivity contribution in [3.05, 3.63) is 35.9 Å². The van der Waals surface area contributed by atoms with Gasteiger partial charge in [0.1, 0.15) is 5.78 Å². The number of Topliss-reactive ketones (excluding diaryl/α,β-unsaturated/α-hetero) is 1. The summed E-state index contributed by atoms with van der Waals surface area (Å²) in [6, 6.07) is 8.53. The standard InChI is InChI=1S/C13H13NO4/c1-18-12(17)13(7-10(15)8-13)14-11(16)9-5-3-2-4-6-9/h2-6H,7-8H2,1H3,(H,14,16). The Labute approximate surface area is 104 Å². The van der Waals surface area contributed by atoms with Gasteiger partial charge in [-0.15, -0.1) is 0 Å². The number of carbonyl (C=O) groups is 3. The van der Waals surface area contributed by atoms with Crippen LogP contribution in [0.4, 0.5) is 0 Å². The minimum absolute atomic E-state index is 0.00174. The summed E-state index contributed by atoms with van der Waals surface area (Å²) >= 11 is 0. The molecule has 0 bridgehead atoms. The van der Waals surface area contributed by atoms with Crippen molar-refractivity contribution in [2.45, 2.75) is 18.4 Å². The number of carbonyl (C=O) groups excluding carboxylic acids is 3. The van der Waals surface area contributed by atoms with E-state index in [2.05, 4.69) is 10.1 Å². The summed E-state index contributed by atoms with van der Waals surface area (Å²) in [6.07, 6.45) is -0.00348. The second-order valence-corrected chi connectivity index (χ2v) is 4.29. The predicted octanol–water partition coefficient (Wildman–Crippen LogP) is 0.691. The van der Waals surface area contributed by atoms with Gasteiger partial charge in [0.2, 0.25) is 0 Å². The number of amides is 1. The summed E-state index contributed by atoms with van der Waals surface area (Å²) in [5.41, 5.74) is -0.737. The van der Waals surface area contributed by atoms with Crippen LogP contribution in [-0.4, -0.2) is 30.3 Å². The van der Waals surface area contributed by atoms with Gasteiger partial charge in [0.05, 0.1) is 7.11 Å². The highest BCUT2D eigenvalue weighted by Crippen LogP contribution is 2.30. The zero-order valence-electron chi connectivity index (χ0n) is 9.93. The molecule has 1 aliphatic carbocycles. The Balaban J connectivity index is 2.14. The average Bonchev–Trinajstić information content (AvgIpc) is 2.36. The molecule has 0 unspecified atom stereocenters. The molecule has 1 amide bonds. The number of ketones is 1. The smallest absolute Gasteiger partial charge is 0.332 e. The molecule has 1 fully saturated rings. The zero-order chi connectivity index (χ0) is 13.2. The van der Waals surface area contributed by atoms with E-state index < -0.39 is 11.5 Å². The van der Waals surface area contributed by atoms with E-state index in [1.807, 2.05) is 0 Å². The lowest BCUT2D eigenvalue weighted by atomic mass is 9.75. The Hall–Kier alpha value is -2.17. The fourth-order valence-corrected chi connectivity index (χ4v) is 1.98. The maximum Gasteiger partial charge on any atom is 0.332 e. The molecule has 94 valence electrons. The van der Waals surface area contributed by atoms with E-state index in [1.54, 1.807) is 30.3 Å². The molecule has 0 radical (unpaired) electrons. The fraction of sp³-hybridized carbons (Fsp3) is 0.308. The van der Waals surface area contributed by atoms with Gasteiger partial charge in [-0.3, -0.25) is 9.59 Å². The van der Waals surface area contributed by atoms with Crippen molar-refractivity contribution in [3.8, 4) is 0 Å².